The van der Waals surface area contributed by atoms with E-state index in [0.717, 1.165) is 0 Å². The third-order valence-corrected chi connectivity index (χ3v) is 2.68. The molecular weight excluding hydrogens is 252 g/mol. The van der Waals surface area contributed by atoms with Gasteiger partial charge in [0, 0.05) is 13.2 Å². The summed E-state index contributed by atoms with van der Waals surface area (Å²) in [7, 11) is 1.54. The Kier molecular flexibility index (Phi) is 3.31. The largest absolute Gasteiger partial charge is 0.354 e. The zero-order valence-corrected chi connectivity index (χ0v) is 10.3. The van der Waals surface area contributed by atoms with Crippen LogP contribution >= 0.6 is 11.6 Å². The molecule has 6 heteroatoms. The van der Waals surface area contributed by atoms with Crippen molar-refractivity contribution in [3.8, 4) is 11.8 Å². The lowest BCUT2D eigenvalue weighted by molar-refractivity contribution is 0.0957. The van der Waals surface area contributed by atoms with E-state index >= 15 is 0 Å². The fourth-order valence-electron chi connectivity index (χ4n) is 1.47. The molecule has 1 aromatic carbocycles. The maximum absolute atomic E-state index is 11.4. The number of nitriles is 1. The summed E-state index contributed by atoms with van der Waals surface area (Å²) in [5, 5.41) is 15.7. The van der Waals surface area contributed by atoms with Crippen LogP contribution in [0.3, 0.4) is 0 Å². The first-order chi connectivity index (χ1) is 8.65. The molecule has 0 saturated heterocycles. The van der Waals surface area contributed by atoms with Gasteiger partial charge in [-0.2, -0.15) is 10.4 Å². The van der Waals surface area contributed by atoms with E-state index in [4.69, 9.17) is 16.9 Å². The number of amides is 1. The number of carbonyl (C=O) groups is 1. The van der Waals surface area contributed by atoms with Gasteiger partial charge in [0.15, 0.2) is 5.69 Å². The Balaban J connectivity index is 2.41. The Bertz CT molecular complexity index is 642. The monoisotopic (exact) mass is 260 g/mol. The number of benzene rings is 1. The van der Waals surface area contributed by atoms with Crippen molar-refractivity contribution in [1.82, 2.24) is 15.1 Å². The zero-order chi connectivity index (χ0) is 13.1. The number of hydrogen-bond acceptors (Lipinski definition) is 3. The Morgan fingerprint density at radius 1 is 1.50 bits per heavy atom. The van der Waals surface area contributed by atoms with Crippen LogP contribution in [0.4, 0.5) is 0 Å². The van der Waals surface area contributed by atoms with Gasteiger partial charge in [0.25, 0.3) is 5.91 Å². The van der Waals surface area contributed by atoms with Gasteiger partial charge in [-0.3, -0.25) is 4.79 Å². The van der Waals surface area contributed by atoms with Crippen molar-refractivity contribution < 1.29 is 4.79 Å². The first-order valence-electron chi connectivity index (χ1n) is 5.13. The van der Waals surface area contributed by atoms with Crippen LogP contribution in [0.25, 0.3) is 5.69 Å². The molecule has 0 atom stereocenters. The first-order valence-corrected chi connectivity index (χ1v) is 5.51. The smallest absolute Gasteiger partial charge is 0.271 e. The van der Waals surface area contributed by atoms with Crippen LogP contribution in [0.2, 0.25) is 5.02 Å². The molecule has 0 fully saturated rings. The van der Waals surface area contributed by atoms with Crippen LogP contribution in [0, 0.1) is 11.3 Å². The molecule has 18 heavy (non-hydrogen) atoms. The second kappa shape index (κ2) is 4.90. The predicted molar refractivity (Wildman–Crippen MR) is 66.7 cm³/mol. The SMILES string of the molecule is CNC(=O)c1ccn(-c2ccc(C#N)cc2Cl)n1. The Labute approximate surface area is 109 Å². The Morgan fingerprint density at radius 2 is 2.28 bits per heavy atom. The van der Waals surface area contributed by atoms with Crippen LogP contribution in [0.5, 0.6) is 0 Å². The number of nitrogens with one attached hydrogen (secondary N) is 1. The van der Waals surface area contributed by atoms with Crippen molar-refractivity contribution in [2.75, 3.05) is 7.05 Å². The molecule has 0 bridgehead atoms. The quantitative estimate of drug-likeness (QED) is 0.894. The van der Waals surface area contributed by atoms with E-state index in [1.807, 2.05) is 6.07 Å². The summed E-state index contributed by atoms with van der Waals surface area (Å²) >= 11 is 6.05. The summed E-state index contributed by atoms with van der Waals surface area (Å²) in [5.74, 6) is -0.265. The molecule has 0 aliphatic rings. The second-order valence-electron chi connectivity index (χ2n) is 3.50. The van der Waals surface area contributed by atoms with Crippen LogP contribution < -0.4 is 5.32 Å². The van der Waals surface area contributed by atoms with Crippen LogP contribution in [-0.2, 0) is 0 Å². The predicted octanol–water partition coefficient (Wildman–Crippen LogP) is 1.76. The Morgan fingerprint density at radius 3 is 2.89 bits per heavy atom. The van der Waals surface area contributed by atoms with E-state index in [2.05, 4.69) is 10.4 Å². The van der Waals surface area contributed by atoms with Gasteiger partial charge < -0.3 is 5.32 Å². The molecule has 5 nitrogen and oxygen atoms in total. The molecule has 1 amide bonds. The number of nitrogens with zero attached hydrogens (tertiary/aromatic N) is 3. The van der Waals surface area contributed by atoms with Crippen LogP contribution in [0.1, 0.15) is 16.1 Å². The molecule has 1 heterocycles. The number of rotatable bonds is 2. The minimum atomic E-state index is -0.265. The van der Waals surface area contributed by atoms with E-state index < -0.39 is 0 Å². The van der Waals surface area contributed by atoms with E-state index in [1.54, 1.807) is 30.5 Å². The van der Waals surface area contributed by atoms with Gasteiger partial charge in [-0.25, -0.2) is 4.68 Å². The summed E-state index contributed by atoms with van der Waals surface area (Å²) in [6.45, 7) is 0. The van der Waals surface area contributed by atoms with Crippen molar-refractivity contribution in [2.45, 2.75) is 0 Å². The minimum absolute atomic E-state index is 0.265. The molecule has 0 spiro atoms. The van der Waals surface area contributed by atoms with Crippen molar-refractivity contribution in [1.29, 1.82) is 5.26 Å². The zero-order valence-electron chi connectivity index (χ0n) is 9.51. The highest BCUT2D eigenvalue weighted by atomic mass is 35.5. The summed E-state index contributed by atoms with van der Waals surface area (Å²) < 4.78 is 1.49. The lowest BCUT2D eigenvalue weighted by Crippen LogP contribution is -2.18. The van der Waals surface area contributed by atoms with Crippen molar-refractivity contribution in [3.63, 3.8) is 0 Å². The summed E-state index contributed by atoms with van der Waals surface area (Å²) in [6.07, 6.45) is 1.64. The van der Waals surface area contributed by atoms with Gasteiger partial charge in [0.05, 0.1) is 22.3 Å². The van der Waals surface area contributed by atoms with Gasteiger partial charge >= 0.3 is 0 Å². The topological polar surface area (TPSA) is 70.7 Å². The van der Waals surface area contributed by atoms with E-state index in [1.165, 1.54) is 11.7 Å². The Hall–Kier alpha value is -2.32. The first kappa shape index (κ1) is 12.1. The molecule has 0 aliphatic heterocycles. The van der Waals surface area contributed by atoms with E-state index in [0.29, 0.717) is 22.0 Å². The van der Waals surface area contributed by atoms with Gasteiger partial charge in [-0.15, -0.1) is 0 Å². The van der Waals surface area contributed by atoms with Crippen molar-refractivity contribution in [3.05, 3.63) is 46.7 Å². The lowest BCUT2D eigenvalue weighted by atomic mass is 10.2. The minimum Gasteiger partial charge on any atom is -0.354 e. The fraction of sp³-hybridized carbons (Fsp3) is 0.0833. The highest BCUT2D eigenvalue weighted by molar-refractivity contribution is 6.32. The average Bonchev–Trinajstić information content (AvgIpc) is 2.87. The summed E-state index contributed by atoms with van der Waals surface area (Å²) in [6, 6.07) is 8.47. The highest BCUT2D eigenvalue weighted by Crippen LogP contribution is 2.21. The molecular formula is C12H9ClN4O. The third kappa shape index (κ3) is 2.19. The third-order valence-electron chi connectivity index (χ3n) is 2.37. The highest BCUT2D eigenvalue weighted by Gasteiger charge is 2.10. The molecule has 1 aromatic heterocycles. The van der Waals surface area contributed by atoms with Gasteiger partial charge in [0.2, 0.25) is 0 Å². The number of carbonyl (C=O) groups excluding carboxylic acids is 1. The van der Waals surface area contributed by atoms with Gasteiger partial charge in [-0.1, -0.05) is 11.6 Å². The molecule has 0 aliphatic carbocycles. The number of aromatic nitrogens is 2. The fourth-order valence-corrected chi connectivity index (χ4v) is 1.74. The molecule has 90 valence electrons. The number of hydrogen-bond donors (Lipinski definition) is 1. The second-order valence-corrected chi connectivity index (χ2v) is 3.91. The average molecular weight is 261 g/mol. The maximum Gasteiger partial charge on any atom is 0.271 e. The van der Waals surface area contributed by atoms with E-state index in [9.17, 15) is 4.79 Å². The van der Waals surface area contributed by atoms with Gasteiger partial charge in [-0.05, 0) is 24.3 Å². The molecule has 0 radical (unpaired) electrons. The van der Waals surface area contributed by atoms with Crippen LogP contribution in [-0.4, -0.2) is 22.7 Å². The molecule has 2 rings (SSSR count). The van der Waals surface area contributed by atoms with Gasteiger partial charge in [0.1, 0.15) is 0 Å². The molecule has 1 N–H and O–H groups in total. The summed E-state index contributed by atoms with van der Waals surface area (Å²) in [5.41, 5.74) is 1.39. The summed E-state index contributed by atoms with van der Waals surface area (Å²) in [4.78, 5) is 11.4. The van der Waals surface area contributed by atoms with Crippen LogP contribution in [0.15, 0.2) is 30.5 Å². The van der Waals surface area contributed by atoms with E-state index in [-0.39, 0.29) is 5.91 Å². The molecule has 0 saturated carbocycles. The standard InChI is InChI=1S/C12H9ClN4O/c1-15-12(18)10-4-5-17(16-10)11-3-2-8(7-14)6-9(11)13/h2-6H,1H3,(H,15,18). The number of halogens is 1. The van der Waals surface area contributed by atoms with Crippen molar-refractivity contribution in [2.24, 2.45) is 0 Å². The maximum atomic E-state index is 11.4. The van der Waals surface area contributed by atoms with Crippen molar-refractivity contribution >= 4 is 17.5 Å². The molecule has 0 unspecified atom stereocenters. The lowest BCUT2D eigenvalue weighted by Gasteiger charge is -2.04. The molecule has 2 aromatic rings. The normalized spacial score (nSPS) is 9.83.